The molecule has 2 aliphatic heterocycles. The van der Waals surface area contributed by atoms with Crippen LogP contribution in [0.2, 0.25) is 5.02 Å². The van der Waals surface area contributed by atoms with Crippen molar-refractivity contribution >= 4 is 39.0 Å². The van der Waals surface area contributed by atoms with E-state index in [-0.39, 0.29) is 29.1 Å². The number of nitrogens with zero attached hydrogens (tertiary/aromatic N) is 2. The van der Waals surface area contributed by atoms with Gasteiger partial charge in [-0.15, -0.1) is 4.36 Å². The molecule has 3 aliphatic carbocycles. The molecular formula is C36H44ClN3O5S. The minimum atomic E-state index is -3.31. The molecule has 5 atom stereocenters. The van der Waals surface area contributed by atoms with E-state index in [0.29, 0.717) is 36.8 Å². The van der Waals surface area contributed by atoms with Crippen molar-refractivity contribution in [2.24, 2.45) is 22.1 Å². The summed E-state index contributed by atoms with van der Waals surface area (Å²) < 4.78 is 33.7. The average molecular weight is 666 g/mol. The van der Waals surface area contributed by atoms with Crippen molar-refractivity contribution < 1.29 is 23.3 Å². The highest BCUT2D eigenvalue weighted by molar-refractivity contribution is 7.92. The SMILES string of the molecule is CO[C@H]1/C=C/CCCS(=O)(NC(=O)C2CCC2)=NC(=O)c2ccc3c(c2)N(C[C@@H]2CC[C@H]21)C[C@@]1(CCCc2cc(Cl)ccc21)CO3. The lowest BCUT2D eigenvalue weighted by Crippen LogP contribution is -2.49. The Morgan fingerprint density at radius 2 is 2.00 bits per heavy atom. The Kier molecular flexibility index (Phi) is 8.94. The first kappa shape index (κ1) is 31.7. The first-order chi connectivity index (χ1) is 22.3. The summed E-state index contributed by atoms with van der Waals surface area (Å²) in [6, 6.07) is 11.7. The summed E-state index contributed by atoms with van der Waals surface area (Å²) in [4.78, 5) is 29.0. The van der Waals surface area contributed by atoms with Crippen molar-refractivity contribution in [2.75, 3.05) is 37.5 Å². The van der Waals surface area contributed by atoms with Gasteiger partial charge in [0.2, 0.25) is 5.91 Å². The van der Waals surface area contributed by atoms with Crippen LogP contribution in [0, 0.1) is 17.8 Å². The van der Waals surface area contributed by atoms with Gasteiger partial charge in [0, 0.05) is 42.1 Å². The lowest BCUT2D eigenvalue weighted by atomic mass is 9.68. The second-order valence-corrected chi connectivity index (χ2v) is 16.4. The lowest BCUT2D eigenvalue weighted by molar-refractivity contribution is -0.125. The van der Waals surface area contributed by atoms with Crippen LogP contribution < -0.4 is 14.4 Å². The molecule has 1 N–H and O–H groups in total. The van der Waals surface area contributed by atoms with Crippen LogP contribution in [0.3, 0.4) is 0 Å². The fraction of sp³-hybridized carbons (Fsp3) is 0.556. The van der Waals surface area contributed by atoms with E-state index in [1.807, 2.05) is 18.2 Å². The molecule has 8 nitrogen and oxygen atoms in total. The summed E-state index contributed by atoms with van der Waals surface area (Å²) in [6.07, 6.45) is 13.2. The Morgan fingerprint density at radius 3 is 2.76 bits per heavy atom. The van der Waals surface area contributed by atoms with Gasteiger partial charge in [-0.2, -0.15) is 0 Å². The molecule has 0 radical (unpaired) electrons. The Balaban J connectivity index is 1.29. The maximum Gasteiger partial charge on any atom is 0.286 e. The van der Waals surface area contributed by atoms with Crippen molar-refractivity contribution in [1.82, 2.24) is 4.72 Å². The van der Waals surface area contributed by atoms with Gasteiger partial charge in [0.25, 0.3) is 5.91 Å². The molecule has 2 bridgehead atoms. The Morgan fingerprint density at radius 1 is 1.13 bits per heavy atom. The first-order valence-corrected chi connectivity index (χ1v) is 18.9. The van der Waals surface area contributed by atoms with Gasteiger partial charge in [-0.25, -0.2) is 4.21 Å². The molecule has 0 aromatic heterocycles. The monoisotopic (exact) mass is 665 g/mol. The summed E-state index contributed by atoms with van der Waals surface area (Å²) in [7, 11) is -1.53. The largest absolute Gasteiger partial charge is 0.490 e. The Hall–Kier alpha value is -2.88. The quantitative estimate of drug-likeness (QED) is 0.369. The molecule has 1 unspecified atom stereocenters. The molecule has 2 saturated carbocycles. The van der Waals surface area contributed by atoms with Crippen LogP contribution in [-0.2, 0) is 31.3 Å². The van der Waals surface area contributed by atoms with Crippen molar-refractivity contribution in [3.63, 3.8) is 0 Å². The van der Waals surface area contributed by atoms with Crippen LogP contribution in [0.4, 0.5) is 5.69 Å². The van der Waals surface area contributed by atoms with Crippen LogP contribution in [-0.4, -0.2) is 54.7 Å². The molecule has 2 aromatic rings. The van der Waals surface area contributed by atoms with Crippen LogP contribution in [0.1, 0.15) is 79.3 Å². The summed E-state index contributed by atoms with van der Waals surface area (Å²) in [6.45, 7) is 2.08. The maximum atomic E-state index is 14.1. The van der Waals surface area contributed by atoms with Crippen molar-refractivity contribution in [1.29, 1.82) is 0 Å². The second kappa shape index (κ2) is 13.0. The smallest absolute Gasteiger partial charge is 0.286 e. The Labute approximate surface area is 277 Å². The number of amides is 2. The molecular weight excluding hydrogens is 622 g/mol. The third kappa shape index (κ3) is 6.22. The van der Waals surface area contributed by atoms with Gasteiger partial charge < -0.3 is 14.4 Å². The van der Waals surface area contributed by atoms with E-state index in [0.717, 1.165) is 80.9 Å². The van der Waals surface area contributed by atoms with Gasteiger partial charge in [-0.1, -0.05) is 36.2 Å². The van der Waals surface area contributed by atoms with Crippen molar-refractivity contribution in [3.05, 3.63) is 70.3 Å². The summed E-state index contributed by atoms with van der Waals surface area (Å²) >= 11 is 6.44. The molecule has 1 spiro atoms. The van der Waals surface area contributed by atoms with Gasteiger partial charge in [0.05, 0.1) is 24.2 Å². The van der Waals surface area contributed by atoms with Crippen molar-refractivity contribution in [2.45, 2.75) is 75.7 Å². The second-order valence-electron chi connectivity index (χ2n) is 13.9. The van der Waals surface area contributed by atoms with Crippen molar-refractivity contribution in [3.8, 4) is 5.75 Å². The number of methoxy groups -OCH3 is 1. The highest BCUT2D eigenvalue weighted by atomic mass is 35.5. The van der Waals surface area contributed by atoms with Gasteiger partial charge in [0.1, 0.15) is 15.7 Å². The molecule has 5 aliphatic rings. The fourth-order valence-corrected chi connectivity index (χ4v) is 9.87. The standard InChI is InChI=1S/C36H44ClN3O5S/c1-44-32-10-3-2-4-18-46(43,38-34(41)24-7-5-8-24)39-35(42)26-12-16-33-31(20-26)40(21-27-11-14-29(27)32)22-36(23-45-33)17-6-9-25-19-28(37)13-15-30(25)36/h3,10,12-13,15-16,19-20,24,27,29,32H,2,4-9,11,14,17-18,21-23H2,1H3,(H,38,39,41,42,43)/b10-3+/t27-,29+,32-,36-,46?/m0/s1. The lowest BCUT2D eigenvalue weighted by Gasteiger charge is -2.46. The fourth-order valence-electron chi connectivity index (χ4n) is 8.02. The zero-order valence-corrected chi connectivity index (χ0v) is 28.1. The van der Waals surface area contributed by atoms with E-state index in [1.54, 1.807) is 13.2 Å². The number of nitrogens with one attached hydrogen (secondary N) is 1. The number of fused-ring (bicyclic) bond motifs is 4. The first-order valence-electron chi connectivity index (χ1n) is 16.9. The molecule has 0 saturated heterocycles. The van der Waals surface area contributed by atoms with Crippen LogP contribution in [0.15, 0.2) is 52.9 Å². The number of hydrogen-bond donors (Lipinski definition) is 1. The van der Waals surface area contributed by atoms with E-state index in [2.05, 4.69) is 38.3 Å². The highest BCUT2D eigenvalue weighted by Gasteiger charge is 2.44. The predicted octanol–water partition coefficient (Wildman–Crippen LogP) is 6.64. The minimum Gasteiger partial charge on any atom is -0.490 e. The van der Waals surface area contributed by atoms with Gasteiger partial charge in [0.15, 0.2) is 0 Å². The number of allylic oxidation sites excluding steroid dienone is 1. The third-order valence-electron chi connectivity index (χ3n) is 11.0. The number of hydrogen-bond acceptors (Lipinski definition) is 6. The number of carbonyl (C=O) groups excluding carboxylic acids is 2. The number of benzene rings is 2. The average Bonchev–Trinajstić information content (AvgIpc) is 3.13. The molecule has 2 amide bonds. The van der Waals surface area contributed by atoms with E-state index in [4.69, 9.17) is 21.1 Å². The van der Waals surface area contributed by atoms with E-state index >= 15 is 0 Å². The molecule has 46 heavy (non-hydrogen) atoms. The minimum absolute atomic E-state index is 0.0128. The van der Waals surface area contributed by atoms with Crippen LogP contribution in [0.5, 0.6) is 5.75 Å². The number of halogens is 1. The molecule has 7 rings (SSSR count). The Bertz CT molecular complexity index is 1660. The zero-order chi connectivity index (χ0) is 31.9. The zero-order valence-electron chi connectivity index (χ0n) is 26.5. The van der Waals surface area contributed by atoms with Gasteiger partial charge >= 0.3 is 0 Å². The van der Waals surface area contributed by atoms with Crippen LogP contribution in [0.25, 0.3) is 0 Å². The number of ether oxygens (including phenoxy) is 2. The highest BCUT2D eigenvalue weighted by Crippen LogP contribution is 2.47. The maximum absolute atomic E-state index is 14.1. The number of rotatable bonds is 3. The molecule has 2 aromatic carbocycles. The number of aryl methyl sites for hydroxylation is 1. The molecule has 10 heteroatoms. The number of anilines is 1. The topological polar surface area (TPSA) is 97.3 Å². The summed E-state index contributed by atoms with van der Waals surface area (Å²) in [5.74, 6) is 0.624. The van der Waals surface area contributed by atoms with E-state index in [1.165, 1.54) is 11.1 Å². The number of carbonyl (C=O) groups is 2. The molecule has 2 heterocycles. The van der Waals surface area contributed by atoms with Gasteiger partial charge in [-0.3, -0.25) is 14.3 Å². The van der Waals surface area contributed by atoms with Gasteiger partial charge in [-0.05, 0) is 111 Å². The predicted molar refractivity (Wildman–Crippen MR) is 181 cm³/mol. The summed E-state index contributed by atoms with van der Waals surface area (Å²) in [5.41, 5.74) is 3.54. The summed E-state index contributed by atoms with van der Waals surface area (Å²) in [5, 5.41) is 0.752. The van der Waals surface area contributed by atoms with Crippen LogP contribution >= 0.6 is 11.6 Å². The third-order valence-corrected chi connectivity index (χ3v) is 13.1. The molecule has 246 valence electrons. The molecule has 2 fully saturated rings. The normalized spacial score (nSPS) is 32.0. The van der Waals surface area contributed by atoms with E-state index < -0.39 is 15.8 Å². The van der Waals surface area contributed by atoms with E-state index in [9.17, 15) is 13.8 Å².